The maximum absolute atomic E-state index is 4.63. The standard InChI is InChI=1S/C13H10NP/c15-13-7-3-6-12-10(13)8-9-4-1-2-5-11(9)14-12/h1-8H,15H2. The van der Waals surface area contributed by atoms with Crippen LogP contribution >= 0.6 is 9.24 Å². The Hall–Kier alpha value is -1.46. The van der Waals surface area contributed by atoms with Gasteiger partial charge in [0.05, 0.1) is 11.0 Å². The van der Waals surface area contributed by atoms with Crippen molar-refractivity contribution in [2.75, 3.05) is 0 Å². The minimum absolute atomic E-state index is 1.06. The zero-order valence-electron chi connectivity index (χ0n) is 8.14. The van der Waals surface area contributed by atoms with Crippen molar-refractivity contribution in [1.29, 1.82) is 0 Å². The van der Waals surface area contributed by atoms with Gasteiger partial charge in [-0.3, -0.25) is 0 Å². The summed E-state index contributed by atoms with van der Waals surface area (Å²) in [6.45, 7) is 0. The van der Waals surface area contributed by atoms with E-state index in [4.69, 9.17) is 0 Å². The van der Waals surface area contributed by atoms with Gasteiger partial charge < -0.3 is 0 Å². The molecule has 72 valence electrons. The fraction of sp³-hybridized carbons (Fsp3) is 0. The van der Waals surface area contributed by atoms with E-state index in [1.807, 2.05) is 24.3 Å². The quantitative estimate of drug-likeness (QED) is 0.411. The van der Waals surface area contributed by atoms with Crippen LogP contribution in [0.2, 0.25) is 0 Å². The van der Waals surface area contributed by atoms with Crippen molar-refractivity contribution in [2.24, 2.45) is 0 Å². The van der Waals surface area contributed by atoms with Crippen molar-refractivity contribution in [1.82, 2.24) is 4.98 Å². The zero-order chi connectivity index (χ0) is 10.3. The Morgan fingerprint density at radius 2 is 1.67 bits per heavy atom. The highest BCUT2D eigenvalue weighted by molar-refractivity contribution is 7.28. The van der Waals surface area contributed by atoms with E-state index < -0.39 is 0 Å². The molecule has 0 bridgehead atoms. The van der Waals surface area contributed by atoms with Gasteiger partial charge in [0.25, 0.3) is 0 Å². The average Bonchev–Trinajstić information content (AvgIpc) is 2.27. The van der Waals surface area contributed by atoms with Gasteiger partial charge >= 0.3 is 0 Å². The third kappa shape index (κ3) is 1.40. The molecule has 3 rings (SSSR count). The summed E-state index contributed by atoms with van der Waals surface area (Å²) in [5.41, 5.74) is 2.11. The summed E-state index contributed by atoms with van der Waals surface area (Å²) in [5.74, 6) is 0. The van der Waals surface area contributed by atoms with Gasteiger partial charge in [0.2, 0.25) is 0 Å². The van der Waals surface area contributed by atoms with Gasteiger partial charge in [-0.05, 0) is 23.5 Å². The molecule has 0 saturated heterocycles. The van der Waals surface area contributed by atoms with Crippen LogP contribution in [0.5, 0.6) is 0 Å². The first kappa shape index (κ1) is 8.82. The second-order valence-corrected chi connectivity index (χ2v) is 4.22. The number of hydrogen-bond acceptors (Lipinski definition) is 1. The predicted molar refractivity (Wildman–Crippen MR) is 68.6 cm³/mol. The maximum Gasteiger partial charge on any atom is 0.0715 e. The topological polar surface area (TPSA) is 12.9 Å². The van der Waals surface area contributed by atoms with E-state index in [0.29, 0.717) is 0 Å². The van der Waals surface area contributed by atoms with Crippen molar-refractivity contribution >= 4 is 36.4 Å². The van der Waals surface area contributed by atoms with Crippen LogP contribution in [0.3, 0.4) is 0 Å². The highest BCUT2D eigenvalue weighted by Crippen LogP contribution is 2.18. The fourth-order valence-corrected chi connectivity index (χ4v) is 2.16. The molecule has 0 spiro atoms. The lowest BCUT2D eigenvalue weighted by Gasteiger charge is -2.03. The lowest BCUT2D eigenvalue weighted by atomic mass is 10.1. The maximum atomic E-state index is 4.63. The molecule has 1 atom stereocenters. The first-order valence-electron chi connectivity index (χ1n) is 4.88. The summed E-state index contributed by atoms with van der Waals surface area (Å²) < 4.78 is 0. The zero-order valence-corrected chi connectivity index (χ0v) is 9.30. The first-order chi connectivity index (χ1) is 7.34. The van der Waals surface area contributed by atoms with Crippen LogP contribution in [0.15, 0.2) is 48.5 Å². The first-order valence-corrected chi connectivity index (χ1v) is 5.46. The Morgan fingerprint density at radius 3 is 2.60 bits per heavy atom. The summed E-state index contributed by atoms with van der Waals surface area (Å²) in [7, 11) is 2.75. The van der Waals surface area contributed by atoms with Gasteiger partial charge in [0.1, 0.15) is 0 Å². The van der Waals surface area contributed by atoms with Crippen LogP contribution in [0, 0.1) is 0 Å². The van der Waals surface area contributed by atoms with Crippen molar-refractivity contribution < 1.29 is 0 Å². The smallest absolute Gasteiger partial charge is 0.0715 e. The van der Waals surface area contributed by atoms with E-state index in [1.165, 1.54) is 16.1 Å². The summed E-state index contributed by atoms with van der Waals surface area (Å²) in [5, 5.41) is 3.60. The highest BCUT2D eigenvalue weighted by atomic mass is 31.0. The normalized spacial score (nSPS) is 11.0. The SMILES string of the molecule is Pc1cccc2nc3ccccc3cc12. The molecule has 0 saturated carbocycles. The molecule has 15 heavy (non-hydrogen) atoms. The second kappa shape index (κ2) is 3.29. The molecule has 1 heterocycles. The highest BCUT2D eigenvalue weighted by Gasteiger charge is 2.00. The van der Waals surface area contributed by atoms with Gasteiger partial charge in [-0.1, -0.05) is 30.3 Å². The molecule has 3 aromatic rings. The average molecular weight is 211 g/mol. The second-order valence-electron chi connectivity index (χ2n) is 3.59. The molecule has 0 radical (unpaired) electrons. The molecule has 1 aromatic heterocycles. The number of aromatic nitrogens is 1. The number of fused-ring (bicyclic) bond motifs is 2. The molecule has 0 aliphatic heterocycles. The van der Waals surface area contributed by atoms with Crippen molar-refractivity contribution in [3.63, 3.8) is 0 Å². The Morgan fingerprint density at radius 1 is 0.867 bits per heavy atom. The summed E-state index contributed by atoms with van der Waals surface area (Å²) in [6, 6.07) is 16.6. The summed E-state index contributed by atoms with van der Waals surface area (Å²) in [4.78, 5) is 4.63. The third-order valence-electron chi connectivity index (χ3n) is 2.59. The van der Waals surface area contributed by atoms with Crippen LogP contribution in [-0.4, -0.2) is 4.98 Å². The molecule has 0 amide bonds. The van der Waals surface area contributed by atoms with Crippen molar-refractivity contribution in [2.45, 2.75) is 0 Å². The number of pyridine rings is 1. The molecule has 2 aromatic carbocycles. The Bertz CT molecular complexity index is 646. The van der Waals surface area contributed by atoms with E-state index in [2.05, 4.69) is 38.5 Å². The minimum atomic E-state index is 1.06. The van der Waals surface area contributed by atoms with Crippen molar-refractivity contribution in [3.05, 3.63) is 48.5 Å². The van der Waals surface area contributed by atoms with Crippen LogP contribution in [0.4, 0.5) is 0 Å². The third-order valence-corrected chi connectivity index (χ3v) is 3.10. The fourth-order valence-electron chi connectivity index (χ4n) is 1.82. The molecule has 1 nitrogen and oxygen atoms in total. The largest absolute Gasteiger partial charge is 0.248 e. The molecule has 0 N–H and O–H groups in total. The van der Waals surface area contributed by atoms with E-state index in [1.54, 1.807) is 0 Å². The van der Waals surface area contributed by atoms with Crippen LogP contribution < -0.4 is 5.30 Å². The Labute approximate surface area is 90.3 Å². The lowest BCUT2D eigenvalue weighted by Crippen LogP contribution is -1.93. The Kier molecular flexibility index (Phi) is 1.93. The van der Waals surface area contributed by atoms with E-state index in [9.17, 15) is 0 Å². The number of rotatable bonds is 0. The number of benzene rings is 2. The number of nitrogens with zero attached hydrogens (tertiary/aromatic N) is 1. The van der Waals surface area contributed by atoms with E-state index in [0.717, 1.165) is 11.0 Å². The van der Waals surface area contributed by atoms with Gasteiger partial charge in [0, 0.05) is 10.8 Å². The van der Waals surface area contributed by atoms with Crippen LogP contribution in [0.1, 0.15) is 0 Å². The number of hydrogen-bond donors (Lipinski definition) is 0. The number of para-hydroxylation sites is 1. The van der Waals surface area contributed by atoms with Crippen molar-refractivity contribution in [3.8, 4) is 0 Å². The van der Waals surface area contributed by atoms with Gasteiger partial charge in [-0.2, -0.15) is 0 Å². The lowest BCUT2D eigenvalue weighted by molar-refractivity contribution is 1.50. The monoisotopic (exact) mass is 211 g/mol. The molecule has 0 fully saturated rings. The molecule has 1 unspecified atom stereocenters. The molecular weight excluding hydrogens is 201 g/mol. The predicted octanol–water partition coefficient (Wildman–Crippen LogP) is 2.89. The van der Waals surface area contributed by atoms with E-state index in [-0.39, 0.29) is 0 Å². The molecule has 2 heteroatoms. The molecule has 0 aliphatic rings. The summed E-state index contributed by atoms with van der Waals surface area (Å²) >= 11 is 0. The summed E-state index contributed by atoms with van der Waals surface area (Å²) in [6.07, 6.45) is 0. The molecular formula is C13H10NP. The van der Waals surface area contributed by atoms with Gasteiger partial charge in [0.15, 0.2) is 0 Å². The van der Waals surface area contributed by atoms with Gasteiger partial charge in [-0.25, -0.2) is 4.98 Å². The van der Waals surface area contributed by atoms with E-state index >= 15 is 0 Å². The van der Waals surface area contributed by atoms with Gasteiger partial charge in [-0.15, -0.1) is 9.24 Å². The Balaban J connectivity index is 2.53. The minimum Gasteiger partial charge on any atom is -0.248 e. The van der Waals surface area contributed by atoms with Crippen LogP contribution in [-0.2, 0) is 0 Å². The molecule has 0 aliphatic carbocycles. The van der Waals surface area contributed by atoms with Crippen LogP contribution in [0.25, 0.3) is 21.8 Å².